The van der Waals surface area contributed by atoms with Gasteiger partial charge in [0.15, 0.2) is 0 Å². The van der Waals surface area contributed by atoms with Crippen LogP contribution < -0.4 is 10.6 Å². The summed E-state index contributed by atoms with van der Waals surface area (Å²) in [5.74, 6) is -0.202. The van der Waals surface area contributed by atoms with Crippen LogP contribution in [0.1, 0.15) is 36.6 Å². The van der Waals surface area contributed by atoms with Crippen molar-refractivity contribution in [1.29, 1.82) is 0 Å². The Hall–Kier alpha value is -1.87. The van der Waals surface area contributed by atoms with Crippen LogP contribution in [0.25, 0.3) is 0 Å². The fourth-order valence-electron chi connectivity index (χ4n) is 2.62. The number of hydrogen-bond acceptors (Lipinski definition) is 2. The van der Waals surface area contributed by atoms with Crippen molar-refractivity contribution in [3.05, 3.63) is 58.9 Å². The molecular formula is C18H23FN2. The Labute approximate surface area is 126 Å². The Morgan fingerprint density at radius 3 is 2.33 bits per heavy atom. The van der Waals surface area contributed by atoms with Gasteiger partial charge in [-0.15, -0.1) is 0 Å². The fourth-order valence-corrected chi connectivity index (χ4v) is 2.62. The Bertz CT molecular complexity index is 635. The van der Waals surface area contributed by atoms with E-state index in [1.807, 2.05) is 25.1 Å². The predicted molar refractivity (Wildman–Crippen MR) is 87.6 cm³/mol. The summed E-state index contributed by atoms with van der Waals surface area (Å²) in [6.07, 6.45) is 0. The topological polar surface area (TPSA) is 29.3 Å². The molecule has 2 aromatic rings. The summed E-state index contributed by atoms with van der Waals surface area (Å²) in [4.78, 5) is 2.19. The second kappa shape index (κ2) is 6.27. The highest BCUT2D eigenvalue weighted by molar-refractivity contribution is 5.70. The zero-order valence-corrected chi connectivity index (χ0v) is 13.2. The van der Waals surface area contributed by atoms with E-state index in [1.54, 1.807) is 13.0 Å². The normalized spacial score (nSPS) is 12.3. The first-order valence-corrected chi connectivity index (χ1v) is 7.34. The lowest BCUT2D eigenvalue weighted by molar-refractivity contribution is 0.613. The SMILES string of the molecule is CCN(c1ccccc1C)c1cc(C)c(F)cc1[C@H](C)N. The number of aryl methyl sites for hydroxylation is 2. The van der Waals surface area contributed by atoms with Crippen LogP contribution in [0.2, 0.25) is 0 Å². The minimum Gasteiger partial charge on any atom is -0.341 e. The van der Waals surface area contributed by atoms with Crippen LogP contribution in [0.5, 0.6) is 0 Å². The zero-order valence-electron chi connectivity index (χ0n) is 13.2. The molecule has 0 aliphatic rings. The van der Waals surface area contributed by atoms with Gasteiger partial charge in [-0.3, -0.25) is 0 Å². The van der Waals surface area contributed by atoms with Crippen molar-refractivity contribution >= 4 is 11.4 Å². The Morgan fingerprint density at radius 1 is 1.10 bits per heavy atom. The number of nitrogens with two attached hydrogens (primary N) is 1. The molecule has 0 heterocycles. The van der Waals surface area contributed by atoms with Crippen LogP contribution in [-0.2, 0) is 0 Å². The third-order valence-corrected chi connectivity index (χ3v) is 3.81. The maximum Gasteiger partial charge on any atom is 0.126 e. The highest BCUT2D eigenvalue weighted by Crippen LogP contribution is 2.34. The molecule has 1 atom stereocenters. The van der Waals surface area contributed by atoms with Gasteiger partial charge in [0.25, 0.3) is 0 Å². The lowest BCUT2D eigenvalue weighted by Gasteiger charge is -2.29. The molecule has 0 saturated carbocycles. The van der Waals surface area contributed by atoms with Gasteiger partial charge < -0.3 is 10.6 Å². The third-order valence-electron chi connectivity index (χ3n) is 3.81. The van der Waals surface area contributed by atoms with Crippen molar-refractivity contribution in [2.24, 2.45) is 5.73 Å². The molecule has 0 radical (unpaired) electrons. The van der Waals surface area contributed by atoms with Crippen molar-refractivity contribution in [1.82, 2.24) is 0 Å². The summed E-state index contributed by atoms with van der Waals surface area (Å²) in [6.45, 7) is 8.65. The number of anilines is 2. The molecule has 2 nitrogen and oxygen atoms in total. The second-order valence-corrected chi connectivity index (χ2v) is 5.48. The van der Waals surface area contributed by atoms with E-state index in [2.05, 4.69) is 30.9 Å². The van der Waals surface area contributed by atoms with E-state index in [4.69, 9.17) is 5.73 Å². The molecule has 0 aliphatic heterocycles. The maximum absolute atomic E-state index is 13.9. The first kappa shape index (κ1) is 15.5. The summed E-state index contributed by atoms with van der Waals surface area (Å²) in [6, 6.07) is 11.5. The summed E-state index contributed by atoms with van der Waals surface area (Å²) >= 11 is 0. The van der Waals surface area contributed by atoms with Crippen LogP contribution in [-0.4, -0.2) is 6.54 Å². The van der Waals surface area contributed by atoms with Crippen LogP contribution in [0.4, 0.5) is 15.8 Å². The van der Waals surface area contributed by atoms with Gasteiger partial charge >= 0.3 is 0 Å². The minimum atomic E-state index is -0.215. The van der Waals surface area contributed by atoms with Crippen LogP contribution >= 0.6 is 0 Å². The first-order valence-electron chi connectivity index (χ1n) is 7.34. The zero-order chi connectivity index (χ0) is 15.6. The molecule has 0 fully saturated rings. The molecule has 0 aromatic heterocycles. The average molecular weight is 286 g/mol. The minimum absolute atomic E-state index is 0.202. The summed E-state index contributed by atoms with van der Waals surface area (Å²) < 4.78 is 13.9. The van der Waals surface area contributed by atoms with Gasteiger partial charge in [0, 0.05) is 24.0 Å². The molecule has 0 amide bonds. The number of rotatable bonds is 4. The van der Waals surface area contributed by atoms with Crippen molar-refractivity contribution in [3.63, 3.8) is 0 Å². The van der Waals surface area contributed by atoms with Crippen LogP contribution in [0.3, 0.4) is 0 Å². The van der Waals surface area contributed by atoms with E-state index >= 15 is 0 Å². The molecule has 112 valence electrons. The Kier molecular flexibility index (Phi) is 4.63. The van der Waals surface area contributed by atoms with Gasteiger partial charge in [0.05, 0.1) is 0 Å². The van der Waals surface area contributed by atoms with Gasteiger partial charge in [0.2, 0.25) is 0 Å². The number of nitrogens with zero attached hydrogens (tertiary/aromatic N) is 1. The van der Waals surface area contributed by atoms with Gasteiger partial charge in [0.1, 0.15) is 5.82 Å². The number of benzene rings is 2. The molecular weight excluding hydrogens is 263 g/mol. The van der Waals surface area contributed by atoms with E-state index < -0.39 is 0 Å². The first-order chi connectivity index (χ1) is 9.95. The van der Waals surface area contributed by atoms with Crippen LogP contribution in [0, 0.1) is 19.7 Å². The van der Waals surface area contributed by atoms with Crippen molar-refractivity contribution in [2.45, 2.75) is 33.7 Å². The van der Waals surface area contributed by atoms with E-state index in [1.165, 1.54) is 5.56 Å². The second-order valence-electron chi connectivity index (χ2n) is 5.48. The molecule has 0 aliphatic carbocycles. The molecule has 2 rings (SSSR count). The van der Waals surface area contributed by atoms with E-state index in [-0.39, 0.29) is 11.9 Å². The van der Waals surface area contributed by atoms with Crippen LogP contribution in [0.15, 0.2) is 36.4 Å². The predicted octanol–water partition coefficient (Wildman–Crippen LogP) is 4.62. The third kappa shape index (κ3) is 3.08. The number of para-hydroxylation sites is 1. The summed E-state index contributed by atoms with van der Waals surface area (Å²) in [5, 5.41) is 0. The number of hydrogen-bond donors (Lipinski definition) is 1. The Morgan fingerprint density at radius 2 is 1.76 bits per heavy atom. The highest BCUT2D eigenvalue weighted by Gasteiger charge is 2.17. The average Bonchev–Trinajstić information content (AvgIpc) is 2.44. The Balaban J connectivity index is 2.62. The van der Waals surface area contributed by atoms with Gasteiger partial charge in [-0.1, -0.05) is 18.2 Å². The van der Waals surface area contributed by atoms with Gasteiger partial charge in [-0.2, -0.15) is 0 Å². The molecule has 3 heteroatoms. The standard InChI is InChI=1S/C18H23FN2/c1-5-21(17-9-7-6-8-12(17)2)18-10-13(3)16(19)11-15(18)14(4)20/h6-11,14H,5,20H2,1-4H3/t14-/m0/s1. The molecule has 2 N–H and O–H groups in total. The molecule has 0 bridgehead atoms. The molecule has 0 spiro atoms. The van der Waals surface area contributed by atoms with Crippen molar-refractivity contribution < 1.29 is 4.39 Å². The maximum atomic E-state index is 13.9. The van der Waals surface area contributed by atoms with E-state index in [0.717, 1.165) is 23.5 Å². The van der Waals surface area contributed by atoms with Gasteiger partial charge in [-0.25, -0.2) is 4.39 Å². The van der Waals surface area contributed by atoms with E-state index in [0.29, 0.717) is 5.56 Å². The lowest BCUT2D eigenvalue weighted by Crippen LogP contribution is -2.21. The van der Waals surface area contributed by atoms with Crippen molar-refractivity contribution in [3.8, 4) is 0 Å². The molecule has 21 heavy (non-hydrogen) atoms. The monoisotopic (exact) mass is 286 g/mol. The smallest absolute Gasteiger partial charge is 0.126 e. The molecule has 0 unspecified atom stereocenters. The lowest BCUT2D eigenvalue weighted by atomic mass is 10.0. The quantitative estimate of drug-likeness (QED) is 0.888. The molecule has 2 aromatic carbocycles. The largest absolute Gasteiger partial charge is 0.341 e. The number of halogens is 1. The van der Waals surface area contributed by atoms with Gasteiger partial charge in [-0.05, 0) is 62.6 Å². The van der Waals surface area contributed by atoms with Crippen molar-refractivity contribution in [2.75, 3.05) is 11.4 Å². The molecule has 0 saturated heterocycles. The van der Waals surface area contributed by atoms with E-state index in [9.17, 15) is 4.39 Å². The summed E-state index contributed by atoms with van der Waals surface area (Å²) in [5.41, 5.74) is 10.8. The fraction of sp³-hybridized carbons (Fsp3) is 0.333. The summed E-state index contributed by atoms with van der Waals surface area (Å²) in [7, 11) is 0. The highest BCUT2D eigenvalue weighted by atomic mass is 19.1.